The van der Waals surface area contributed by atoms with E-state index < -0.39 is 11.6 Å². The molecule has 0 aromatic carbocycles. The Bertz CT molecular complexity index is 255. The van der Waals surface area contributed by atoms with Crippen LogP contribution >= 0.6 is 27.9 Å². The van der Waals surface area contributed by atoms with Crippen LogP contribution in [0, 0.1) is 0 Å². The predicted octanol–water partition coefficient (Wildman–Crippen LogP) is 2.27. The molecule has 1 aliphatic rings. The predicted molar refractivity (Wildman–Crippen MR) is 52.2 cm³/mol. The van der Waals surface area contributed by atoms with Gasteiger partial charge in [-0.3, -0.25) is 4.79 Å². The van der Waals surface area contributed by atoms with Crippen LogP contribution in [-0.2, 0) is 4.79 Å². The Morgan fingerprint density at radius 1 is 1.38 bits per heavy atom. The van der Waals surface area contributed by atoms with Gasteiger partial charge in [-0.2, -0.15) is 4.42 Å². The zero-order chi connectivity index (χ0) is 10.2. The molecule has 0 spiro atoms. The Morgan fingerprint density at radius 3 is 2.00 bits per heavy atom. The third-order valence-corrected chi connectivity index (χ3v) is 3.74. The van der Waals surface area contributed by atoms with E-state index in [0.29, 0.717) is 17.3 Å². The molecule has 1 heterocycles. The van der Waals surface area contributed by atoms with Gasteiger partial charge in [0.1, 0.15) is 5.54 Å². The summed E-state index contributed by atoms with van der Waals surface area (Å²) in [4.78, 5) is 22.9. The van der Waals surface area contributed by atoms with Gasteiger partial charge in [0.05, 0.1) is 16.1 Å². The third-order valence-electron chi connectivity index (χ3n) is 2.46. The number of amides is 3. The van der Waals surface area contributed by atoms with Gasteiger partial charge in [0, 0.05) is 11.8 Å². The first-order valence-electron chi connectivity index (χ1n) is 4.01. The zero-order valence-electron chi connectivity index (χ0n) is 7.38. The van der Waals surface area contributed by atoms with E-state index >= 15 is 0 Å². The van der Waals surface area contributed by atoms with Gasteiger partial charge in [-0.15, -0.1) is 0 Å². The largest absolute Gasteiger partial charge is 0.352 e. The third kappa shape index (κ3) is 1.25. The second kappa shape index (κ2) is 3.46. The van der Waals surface area contributed by atoms with Crippen molar-refractivity contribution in [2.24, 2.45) is 0 Å². The highest BCUT2D eigenvalue weighted by atomic mass is 79.9. The monoisotopic (exact) mass is 268 g/mol. The van der Waals surface area contributed by atoms with Crippen LogP contribution in [0.2, 0.25) is 0 Å². The maximum absolute atomic E-state index is 11.6. The molecule has 0 atom stereocenters. The summed E-state index contributed by atoms with van der Waals surface area (Å²) < 4.78 is 1.86. The van der Waals surface area contributed by atoms with Gasteiger partial charge < -0.3 is 0 Å². The number of rotatable bonds is 2. The molecule has 0 bridgehead atoms. The molecule has 0 N–H and O–H groups in total. The van der Waals surface area contributed by atoms with Crippen LogP contribution in [-0.4, -0.2) is 25.8 Å². The van der Waals surface area contributed by atoms with E-state index in [4.69, 9.17) is 11.8 Å². The fraction of sp³-hybridized carbons (Fsp3) is 0.714. The van der Waals surface area contributed by atoms with Gasteiger partial charge in [-0.25, -0.2) is 8.72 Å². The molecule has 1 aliphatic heterocycles. The summed E-state index contributed by atoms with van der Waals surface area (Å²) in [5.74, 6) is -0.360. The summed E-state index contributed by atoms with van der Waals surface area (Å²) in [6.45, 7) is 3.69. The van der Waals surface area contributed by atoms with Crippen molar-refractivity contribution in [3.63, 3.8) is 0 Å². The van der Waals surface area contributed by atoms with Crippen molar-refractivity contribution in [2.75, 3.05) is 0 Å². The quantitative estimate of drug-likeness (QED) is 0.570. The smallest absolute Gasteiger partial charge is 0.270 e. The van der Waals surface area contributed by atoms with Crippen LogP contribution in [0.1, 0.15) is 26.7 Å². The molecule has 13 heavy (non-hydrogen) atoms. The molecule has 0 aromatic heterocycles. The van der Waals surface area contributed by atoms with Gasteiger partial charge in [-0.05, 0) is 12.8 Å². The van der Waals surface area contributed by atoms with E-state index in [1.165, 1.54) is 3.93 Å². The van der Waals surface area contributed by atoms with Crippen LogP contribution in [0.5, 0.6) is 0 Å². The van der Waals surface area contributed by atoms with E-state index in [1.807, 2.05) is 13.8 Å². The minimum atomic E-state index is -0.807. The first kappa shape index (κ1) is 10.8. The normalized spacial score (nSPS) is 21.5. The van der Waals surface area contributed by atoms with Crippen LogP contribution < -0.4 is 0 Å². The second-order valence-electron chi connectivity index (χ2n) is 2.89. The van der Waals surface area contributed by atoms with E-state index in [9.17, 15) is 9.59 Å². The minimum Gasteiger partial charge on any atom is -0.270 e. The Kier molecular flexibility index (Phi) is 2.87. The van der Waals surface area contributed by atoms with E-state index in [2.05, 4.69) is 16.1 Å². The van der Waals surface area contributed by atoms with Crippen molar-refractivity contribution < 1.29 is 9.59 Å². The molecule has 0 saturated carbocycles. The Hall–Kier alpha value is -0.290. The Balaban J connectivity index is 3.11. The van der Waals surface area contributed by atoms with Crippen LogP contribution in [0.25, 0.3) is 0 Å². The number of hydrogen-bond donors (Lipinski definition) is 0. The molecule has 1 rings (SSSR count). The molecule has 0 aliphatic carbocycles. The van der Waals surface area contributed by atoms with Crippen LogP contribution in [0.3, 0.4) is 0 Å². The van der Waals surface area contributed by atoms with Crippen LogP contribution in [0.4, 0.5) is 4.79 Å². The fourth-order valence-corrected chi connectivity index (χ4v) is 2.58. The highest BCUT2D eigenvalue weighted by molar-refractivity contribution is 9.07. The van der Waals surface area contributed by atoms with Crippen LogP contribution in [0.15, 0.2) is 0 Å². The minimum absolute atomic E-state index is 0.360. The number of halogens is 2. The molecular weight excluding hydrogens is 259 g/mol. The van der Waals surface area contributed by atoms with E-state index in [1.54, 1.807) is 0 Å². The summed E-state index contributed by atoms with van der Waals surface area (Å²) in [5, 5.41) is 0. The number of carbonyl (C=O) groups excluding carboxylic acids is 2. The number of nitrogens with zero attached hydrogens (tertiary/aromatic N) is 2. The highest BCUT2D eigenvalue weighted by Gasteiger charge is 2.54. The topological polar surface area (TPSA) is 40.6 Å². The maximum atomic E-state index is 11.6. The molecule has 3 amide bonds. The summed E-state index contributed by atoms with van der Waals surface area (Å²) in [5.41, 5.74) is -0.807. The molecule has 74 valence electrons. The van der Waals surface area contributed by atoms with Crippen molar-refractivity contribution in [1.82, 2.24) is 8.34 Å². The number of urea groups is 1. The standard InChI is InChI=1S/C7H10BrClN2O2/c1-3-7(4-2)5(12)10(9)6(13)11(7)8/h3-4H2,1-2H3. The van der Waals surface area contributed by atoms with Gasteiger partial charge in [-0.1, -0.05) is 13.8 Å². The van der Waals surface area contributed by atoms with Crippen molar-refractivity contribution in [1.29, 1.82) is 0 Å². The molecule has 6 heteroatoms. The molecule has 4 nitrogen and oxygen atoms in total. The summed E-state index contributed by atoms with van der Waals surface area (Å²) >= 11 is 8.58. The second-order valence-corrected chi connectivity index (χ2v) is 3.94. The lowest BCUT2D eigenvalue weighted by molar-refractivity contribution is -0.129. The lowest BCUT2D eigenvalue weighted by Crippen LogP contribution is -2.43. The number of carbonyl (C=O) groups is 2. The molecule has 1 fully saturated rings. The molecule has 0 unspecified atom stereocenters. The lowest BCUT2D eigenvalue weighted by atomic mass is 9.93. The van der Waals surface area contributed by atoms with E-state index in [0.717, 1.165) is 0 Å². The molecule has 0 aromatic rings. The van der Waals surface area contributed by atoms with Gasteiger partial charge in [0.25, 0.3) is 5.91 Å². The molecule has 1 saturated heterocycles. The van der Waals surface area contributed by atoms with Crippen molar-refractivity contribution in [3.05, 3.63) is 0 Å². The summed E-state index contributed by atoms with van der Waals surface area (Å²) in [7, 11) is 0. The number of hydrogen-bond acceptors (Lipinski definition) is 2. The number of imide groups is 1. The highest BCUT2D eigenvalue weighted by Crippen LogP contribution is 2.37. The fourth-order valence-electron chi connectivity index (χ4n) is 1.44. The summed E-state index contributed by atoms with van der Waals surface area (Å²) in [6, 6.07) is -0.518. The maximum Gasteiger partial charge on any atom is 0.352 e. The van der Waals surface area contributed by atoms with Crippen molar-refractivity contribution in [3.8, 4) is 0 Å². The summed E-state index contributed by atoms with van der Waals surface area (Å²) in [6.07, 6.45) is 1.09. The Morgan fingerprint density at radius 2 is 1.85 bits per heavy atom. The van der Waals surface area contributed by atoms with Crippen molar-refractivity contribution >= 4 is 39.9 Å². The first-order chi connectivity index (χ1) is 6.01. The van der Waals surface area contributed by atoms with Gasteiger partial charge >= 0.3 is 6.03 Å². The molecule has 0 radical (unpaired) electrons. The Labute approximate surface area is 90.3 Å². The van der Waals surface area contributed by atoms with E-state index in [-0.39, 0.29) is 5.91 Å². The molecular formula is C7H10BrClN2O2. The lowest BCUT2D eigenvalue weighted by Gasteiger charge is -2.27. The van der Waals surface area contributed by atoms with Crippen molar-refractivity contribution in [2.45, 2.75) is 32.2 Å². The van der Waals surface area contributed by atoms with Gasteiger partial charge in [0.15, 0.2) is 0 Å². The average Bonchev–Trinajstić information content (AvgIpc) is 2.31. The average molecular weight is 270 g/mol. The SMILES string of the molecule is CCC1(CC)C(=O)N(Cl)C(=O)N1Br. The van der Waals surface area contributed by atoms with Gasteiger partial charge in [0.2, 0.25) is 0 Å². The first-order valence-corrected chi connectivity index (χ1v) is 5.06. The zero-order valence-corrected chi connectivity index (χ0v) is 9.72.